The van der Waals surface area contributed by atoms with E-state index in [-0.39, 0.29) is 5.54 Å². The van der Waals surface area contributed by atoms with E-state index in [1.54, 1.807) is 0 Å². The first kappa shape index (κ1) is 29.2. The van der Waals surface area contributed by atoms with Gasteiger partial charge >= 0.3 is 0 Å². The van der Waals surface area contributed by atoms with Crippen LogP contribution in [0.15, 0.2) is 170 Å². The lowest BCUT2D eigenvalue weighted by Crippen LogP contribution is -2.21. The van der Waals surface area contributed by atoms with Crippen molar-refractivity contribution in [3.05, 3.63) is 170 Å². The first-order valence-electron chi connectivity index (χ1n) is 17.2. The molecule has 9 rings (SSSR count). The Morgan fingerprint density at radius 3 is 1.18 bits per heavy atom. The molecule has 9 aromatic rings. The minimum atomic E-state index is -0.0166. The molecule has 0 bridgehead atoms. The van der Waals surface area contributed by atoms with E-state index in [0.29, 0.717) is 0 Å². The Morgan fingerprint density at radius 1 is 0.306 bits per heavy atom. The van der Waals surface area contributed by atoms with Gasteiger partial charge in [-0.1, -0.05) is 152 Å². The van der Waals surface area contributed by atoms with Gasteiger partial charge in [-0.3, -0.25) is 0 Å². The third-order valence-electron chi connectivity index (χ3n) is 10.1. The molecule has 0 atom stereocenters. The second-order valence-electron chi connectivity index (χ2n) is 14.1. The summed E-state index contributed by atoms with van der Waals surface area (Å²) >= 11 is 0. The predicted molar refractivity (Wildman–Crippen MR) is 211 cm³/mol. The van der Waals surface area contributed by atoms with Crippen LogP contribution in [-0.2, 0) is 5.54 Å². The highest BCUT2D eigenvalue weighted by molar-refractivity contribution is 6.21. The van der Waals surface area contributed by atoms with Gasteiger partial charge in [0.05, 0.1) is 0 Å². The zero-order valence-corrected chi connectivity index (χ0v) is 28.1. The number of hydrogen-bond acceptors (Lipinski definition) is 0. The highest BCUT2D eigenvalue weighted by Crippen LogP contribution is 2.44. The molecular formula is C48H37N. The lowest BCUT2D eigenvalue weighted by atomic mass is 9.85. The van der Waals surface area contributed by atoms with Crippen LogP contribution in [0.4, 0.5) is 0 Å². The second kappa shape index (κ2) is 11.4. The SMILES string of the molecule is CC(C)(C)n1c2ccccc2c2cc(-c3ccc(-c4c5ccccc5c(-c5ccc(-c6ccccc6)cc5)c5ccccc45)cc3)ccc21. The quantitative estimate of drug-likeness (QED) is 0.171. The smallest absolute Gasteiger partial charge is 0.0496 e. The summed E-state index contributed by atoms with van der Waals surface area (Å²) in [4.78, 5) is 0. The zero-order chi connectivity index (χ0) is 33.1. The van der Waals surface area contributed by atoms with E-state index in [1.807, 2.05) is 0 Å². The number of aromatic nitrogens is 1. The highest BCUT2D eigenvalue weighted by atomic mass is 15.0. The molecule has 0 radical (unpaired) electrons. The molecule has 0 spiro atoms. The Bertz CT molecular complexity index is 2590. The Labute approximate surface area is 287 Å². The number of nitrogens with zero attached hydrogens (tertiary/aromatic N) is 1. The minimum absolute atomic E-state index is 0.0166. The molecule has 1 heteroatoms. The van der Waals surface area contributed by atoms with E-state index in [2.05, 4.69) is 195 Å². The Hall–Kier alpha value is -5.92. The van der Waals surface area contributed by atoms with E-state index in [1.165, 1.54) is 87.9 Å². The number of para-hydroxylation sites is 1. The lowest BCUT2D eigenvalue weighted by molar-refractivity contribution is 0.423. The average molecular weight is 628 g/mol. The Kier molecular flexibility index (Phi) is 6.78. The standard InChI is InChI=1S/C48H37N/c1-48(2,3)49-44-20-12-11-15-38(44)43-31-37(29-30-45(43)49)34-23-27-36(28-24-34)47-41-18-9-7-16-39(41)46(40-17-8-10-19-42(40)47)35-25-21-33(22-26-35)32-13-5-4-6-14-32/h4-31H,1-3H3. The van der Waals surface area contributed by atoms with Crippen molar-refractivity contribution in [3.8, 4) is 44.5 Å². The summed E-state index contributed by atoms with van der Waals surface area (Å²) in [5.74, 6) is 0. The molecule has 1 aromatic heterocycles. The summed E-state index contributed by atoms with van der Waals surface area (Å²) in [6.45, 7) is 6.85. The Morgan fingerprint density at radius 2 is 0.673 bits per heavy atom. The van der Waals surface area contributed by atoms with Gasteiger partial charge in [0.25, 0.3) is 0 Å². The average Bonchev–Trinajstić information content (AvgIpc) is 3.49. The summed E-state index contributed by atoms with van der Waals surface area (Å²) in [6, 6.07) is 62.4. The van der Waals surface area contributed by atoms with Gasteiger partial charge in [0, 0.05) is 27.3 Å². The fourth-order valence-corrected chi connectivity index (χ4v) is 7.91. The van der Waals surface area contributed by atoms with Crippen molar-refractivity contribution in [1.29, 1.82) is 0 Å². The summed E-state index contributed by atoms with van der Waals surface area (Å²) < 4.78 is 2.47. The fourth-order valence-electron chi connectivity index (χ4n) is 7.91. The van der Waals surface area contributed by atoms with Crippen LogP contribution >= 0.6 is 0 Å². The number of rotatable bonds is 4. The maximum absolute atomic E-state index is 2.47. The van der Waals surface area contributed by atoms with Crippen LogP contribution < -0.4 is 0 Å². The molecule has 49 heavy (non-hydrogen) atoms. The van der Waals surface area contributed by atoms with Crippen LogP contribution in [0.25, 0.3) is 87.9 Å². The van der Waals surface area contributed by atoms with Crippen molar-refractivity contribution in [1.82, 2.24) is 4.57 Å². The van der Waals surface area contributed by atoms with Gasteiger partial charge in [-0.2, -0.15) is 0 Å². The molecule has 0 unspecified atom stereocenters. The van der Waals surface area contributed by atoms with Gasteiger partial charge < -0.3 is 4.57 Å². The first-order chi connectivity index (χ1) is 24.0. The second-order valence-corrected chi connectivity index (χ2v) is 14.1. The largest absolute Gasteiger partial charge is 0.335 e. The van der Waals surface area contributed by atoms with Crippen molar-refractivity contribution in [2.24, 2.45) is 0 Å². The van der Waals surface area contributed by atoms with Crippen LogP contribution in [0, 0.1) is 0 Å². The molecule has 0 saturated carbocycles. The minimum Gasteiger partial charge on any atom is -0.335 e. The van der Waals surface area contributed by atoms with Crippen molar-refractivity contribution in [2.45, 2.75) is 26.3 Å². The monoisotopic (exact) mass is 627 g/mol. The van der Waals surface area contributed by atoms with Crippen LogP contribution in [0.3, 0.4) is 0 Å². The van der Waals surface area contributed by atoms with Gasteiger partial charge in [-0.05, 0) is 105 Å². The summed E-state index contributed by atoms with van der Waals surface area (Å²) in [7, 11) is 0. The molecule has 0 fully saturated rings. The molecule has 0 aliphatic carbocycles. The van der Waals surface area contributed by atoms with Crippen LogP contribution in [0.2, 0.25) is 0 Å². The number of fused-ring (bicyclic) bond motifs is 5. The van der Waals surface area contributed by atoms with Gasteiger partial charge in [0.2, 0.25) is 0 Å². The first-order valence-corrected chi connectivity index (χ1v) is 17.2. The zero-order valence-electron chi connectivity index (χ0n) is 28.1. The van der Waals surface area contributed by atoms with Crippen molar-refractivity contribution >= 4 is 43.4 Å². The summed E-state index contributed by atoms with van der Waals surface area (Å²) in [5, 5.41) is 7.69. The molecule has 8 aromatic carbocycles. The summed E-state index contributed by atoms with van der Waals surface area (Å²) in [6.07, 6.45) is 0. The molecule has 1 nitrogen and oxygen atoms in total. The number of hydrogen-bond donors (Lipinski definition) is 0. The highest BCUT2D eigenvalue weighted by Gasteiger charge is 2.21. The van der Waals surface area contributed by atoms with E-state index in [4.69, 9.17) is 0 Å². The van der Waals surface area contributed by atoms with Crippen LogP contribution in [0.5, 0.6) is 0 Å². The van der Waals surface area contributed by atoms with E-state index in [0.717, 1.165) is 0 Å². The number of benzene rings is 8. The lowest BCUT2D eigenvalue weighted by Gasteiger charge is -2.24. The molecule has 234 valence electrons. The molecule has 0 aliphatic rings. The van der Waals surface area contributed by atoms with E-state index < -0.39 is 0 Å². The van der Waals surface area contributed by atoms with Crippen LogP contribution in [-0.4, -0.2) is 4.57 Å². The van der Waals surface area contributed by atoms with E-state index >= 15 is 0 Å². The van der Waals surface area contributed by atoms with Crippen LogP contribution in [0.1, 0.15) is 20.8 Å². The third-order valence-corrected chi connectivity index (χ3v) is 10.1. The summed E-state index contributed by atoms with van der Waals surface area (Å²) in [5.41, 5.74) is 12.5. The van der Waals surface area contributed by atoms with Crippen molar-refractivity contribution in [3.63, 3.8) is 0 Å². The molecule has 0 amide bonds. The Balaban J connectivity index is 1.17. The third kappa shape index (κ3) is 4.85. The molecule has 1 heterocycles. The maximum atomic E-state index is 2.47. The maximum Gasteiger partial charge on any atom is 0.0496 e. The van der Waals surface area contributed by atoms with E-state index in [9.17, 15) is 0 Å². The van der Waals surface area contributed by atoms with Crippen molar-refractivity contribution < 1.29 is 0 Å². The molecule has 0 aliphatic heterocycles. The topological polar surface area (TPSA) is 4.93 Å². The van der Waals surface area contributed by atoms with Gasteiger partial charge in [-0.15, -0.1) is 0 Å². The molecule has 0 N–H and O–H groups in total. The normalized spacial score (nSPS) is 12.0. The predicted octanol–water partition coefficient (Wildman–Crippen LogP) is 13.5. The van der Waals surface area contributed by atoms with Gasteiger partial charge in [0.1, 0.15) is 0 Å². The van der Waals surface area contributed by atoms with Crippen molar-refractivity contribution in [2.75, 3.05) is 0 Å². The molecule has 0 saturated heterocycles. The van der Waals surface area contributed by atoms with Gasteiger partial charge in [-0.25, -0.2) is 0 Å². The van der Waals surface area contributed by atoms with Gasteiger partial charge in [0.15, 0.2) is 0 Å². The fraction of sp³-hybridized carbons (Fsp3) is 0.0833. The molecular weight excluding hydrogens is 591 g/mol.